The second kappa shape index (κ2) is 9.60. The first-order chi connectivity index (χ1) is 16.0. The maximum atomic E-state index is 12.9. The molecule has 170 valence electrons. The number of aromatic nitrogens is 1. The van der Waals surface area contributed by atoms with Crippen molar-refractivity contribution in [2.75, 3.05) is 13.7 Å². The van der Waals surface area contributed by atoms with Crippen LogP contribution in [0.1, 0.15) is 40.6 Å². The molecular formula is C25H23NO7. The minimum absolute atomic E-state index is 0.0909. The molecule has 0 unspecified atom stereocenters. The number of ketones is 1. The molecule has 0 aliphatic carbocycles. The average Bonchev–Trinajstić information content (AvgIpc) is 3.38. The molecular weight excluding hydrogens is 426 g/mol. The number of hydrogen-bond donors (Lipinski definition) is 0. The lowest BCUT2D eigenvalue weighted by molar-refractivity contribution is -0.134. The smallest absolute Gasteiger partial charge is 0.311 e. The Morgan fingerprint density at radius 2 is 2.00 bits per heavy atom. The van der Waals surface area contributed by atoms with E-state index in [0.29, 0.717) is 53.0 Å². The highest BCUT2D eigenvalue weighted by Gasteiger charge is 2.30. The number of rotatable bonds is 8. The molecule has 0 atom stereocenters. The van der Waals surface area contributed by atoms with Crippen LogP contribution in [0.2, 0.25) is 0 Å². The number of para-hydroxylation sites is 1. The molecule has 2 heterocycles. The largest absolute Gasteiger partial charge is 0.493 e. The molecule has 3 aromatic rings. The van der Waals surface area contributed by atoms with Gasteiger partial charge < -0.3 is 23.5 Å². The standard InChI is InChI=1S/C25H23NO7/c1-4-30-19-8-6-5-7-16(19)12-21-25(28)24-15(2)11-18(13-20(24)32-21)31-23(27)10-9-17-14-22(29-3)26-33-17/h5-8,11-14H,4,9-10H2,1-3H3/b21-12-. The van der Waals surface area contributed by atoms with Gasteiger partial charge in [0, 0.05) is 24.1 Å². The van der Waals surface area contributed by atoms with Gasteiger partial charge in [0.15, 0.2) is 5.76 Å². The van der Waals surface area contributed by atoms with Gasteiger partial charge in [0.1, 0.15) is 23.0 Å². The van der Waals surface area contributed by atoms with Crippen molar-refractivity contribution in [3.63, 3.8) is 0 Å². The summed E-state index contributed by atoms with van der Waals surface area (Å²) in [7, 11) is 1.48. The number of hydrogen-bond acceptors (Lipinski definition) is 8. The molecule has 8 nitrogen and oxygen atoms in total. The third-order valence-corrected chi connectivity index (χ3v) is 5.00. The van der Waals surface area contributed by atoms with E-state index in [1.165, 1.54) is 7.11 Å². The normalized spacial score (nSPS) is 13.5. The van der Waals surface area contributed by atoms with Crippen molar-refractivity contribution < 1.29 is 33.1 Å². The van der Waals surface area contributed by atoms with Crippen molar-refractivity contribution in [3.8, 4) is 23.1 Å². The van der Waals surface area contributed by atoms with Crippen LogP contribution in [0, 0.1) is 6.92 Å². The van der Waals surface area contributed by atoms with Crippen LogP contribution < -0.4 is 18.9 Å². The van der Waals surface area contributed by atoms with Gasteiger partial charge in [-0.15, -0.1) is 0 Å². The number of Topliss-reactive ketones (excluding diaryl/α,β-unsaturated/α-hetero) is 1. The number of esters is 1. The summed E-state index contributed by atoms with van der Waals surface area (Å²) in [5.74, 6) is 1.69. The fourth-order valence-electron chi connectivity index (χ4n) is 3.48. The molecule has 8 heteroatoms. The molecule has 0 radical (unpaired) electrons. The Bertz CT molecular complexity index is 1230. The van der Waals surface area contributed by atoms with Gasteiger partial charge in [0.25, 0.3) is 5.88 Å². The van der Waals surface area contributed by atoms with Crippen LogP contribution in [0.4, 0.5) is 0 Å². The predicted molar refractivity (Wildman–Crippen MR) is 119 cm³/mol. The van der Waals surface area contributed by atoms with Gasteiger partial charge in [0.05, 0.1) is 25.7 Å². The van der Waals surface area contributed by atoms with Crippen molar-refractivity contribution in [3.05, 3.63) is 70.7 Å². The molecule has 2 aromatic carbocycles. The van der Waals surface area contributed by atoms with E-state index in [0.717, 1.165) is 5.56 Å². The number of allylic oxidation sites excluding steroid dienone is 1. The molecule has 1 aromatic heterocycles. The summed E-state index contributed by atoms with van der Waals surface area (Å²) < 4.78 is 26.9. The highest BCUT2D eigenvalue weighted by atomic mass is 16.5. The third kappa shape index (κ3) is 4.90. The van der Waals surface area contributed by atoms with E-state index in [2.05, 4.69) is 5.16 Å². The maximum absolute atomic E-state index is 12.9. The summed E-state index contributed by atoms with van der Waals surface area (Å²) in [4.78, 5) is 25.2. The quantitative estimate of drug-likeness (QED) is 0.281. The Kier molecular flexibility index (Phi) is 6.44. The summed E-state index contributed by atoms with van der Waals surface area (Å²) in [6.07, 6.45) is 2.07. The van der Waals surface area contributed by atoms with E-state index < -0.39 is 5.97 Å². The van der Waals surface area contributed by atoms with E-state index in [4.69, 9.17) is 23.5 Å². The molecule has 0 saturated heterocycles. The first-order valence-electron chi connectivity index (χ1n) is 10.5. The number of methoxy groups -OCH3 is 1. The van der Waals surface area contributed by atoms with Crippen molar-refractivity contribution in [1.29, 1.82) is 0 Å². The van der Waals surface area contributed by atoms with Crippen LogP contribution in [-0.4, -0.2) is 30.6 Å². The number of fused-ring (bicyclic) bond motifs is 1. The molecule has 0 fully saturated rings. The van der Waals surface area contributed by atoms with Crippen molar-refractivity contribution >= 4 is 17.8 Å². The van der Waals surface area contributed by atoms with Crippen LogP contribution in [0.3, 0.4) is 0 Å². The van der Waals surface area contributed by atoms with E-state index >= 15 is 0 Å². The summed E-state index contributed by atoms with van der Waals surface area (Å²) in [5, 5.41) is 3.70. The van der Waals surface area contributed by atoms with Crippen molar-refractivity contribution in [2.24, 2.45) is 0 Å². The number of carbonyl (C=O) groups is 2. The lowest BCUT2D eigenvalue weighted by Crippen LogP contribution is -2.09. The van der Waals surface area contributed by atoms with Gasteiger partial charge in [-0.2, -0.15) is 0 Å². The van der Waals surface area contributed by atoms with Crippen LogP contribution >= 0.6 is 0 Å². The fourth-order valence-corrected chi connectivity index (χ4v) is 3.48. The van der Waals surface area contributed by atoms with Crippen LogP contribution in [0.25, 0.3) is 6.08 Å². The number of aryl methyl sites for hydroxylation is 2. The van der Waals surface area contributed by atoms with Gasteiger partial charge >= 0.3 is 5.97 Å². The van der Waals surface area contributed by atoms with E-state index in [1.54, 1.807) is 31.2 Å². The number of ether oxygens (including phenoxy) is 4. The highest BCUT2D eigenvalue weighted by Crippen LogP contribution is 2.38. The van der Waals surface area contributed by atoms with Crippen LogP contribution in [-0.2, 0) is 11.2 Å². The van der Waals surface area contributed by atoms with Gasteiger partial charge in [-0.05, 0) is 42.8 Å². The Morgan fingerprint density at radius 3 is 2.76 bits per heavy atom. The minimum atomic E-state index is -0.449. The first kappa shape index (κ1) is 22.1. The first-order valence-corrected chi connectivity index (χ1v) is 10.5. The second-order valence-electron chi connectivity index (χ2n) is 7.33. The average molecular weight is 449 g/mol. The van der Waals surface area contributed by atoms with E-state index in [9.17, 15) is 9.59 Å². The summed E-state index contributed by atoms with van der Waals surface area (Å²) >= 11 is 0. The molecule has 0 bridgehead atoms. The zero-order valence-corrected chi connectivity index (χ0v) is 18.5. The Balaban J connectivity index is 1.48. The van der Waals surface area contributed by atoms with E-state index in [-0.39, 0.29) is 18.0 Å². The molecule has 0 spiro atoms. The SMILES string of the molecule is CCOc1ccccc1/C=C1\Oc2cc(OC(=O)CCc3cc(OC)no3)cc(C)c2C1=O. The van der Waals surface area contributed by atoms with Crippen LogP contribution in [0.5, 0.6) is 23.1 Å². The second-order valence-corrected chi connectivity index (χ2v) is 7.33. The summed E-state index contributed by atoms with van der Waals surface area (Å²) in [6.45, 7) is 4.17. The van der Waals surface area contributed by atoms with Crippen LogP contribution in [0.15, 0.2) is 52.7 Å². The highest BCUT2D eigenvalue weighted by molar-refractivity contribution is 6.15. The number of carbonyl (C=O) groups excluding carboxylic acids is 2. The Hall–Kier alpha value is -4.07. The lowest BCUT2D eigenvalue weighted by atomic mass is 10.0. The van der Waals surface area contributed by atoms with Crippen molar-refractivity contribution in [2.45, 2.75) is 26.7 Å². The molecule has 0 N–H and O–H groups in total. The number of benzene rings is 2. The number of nitrogens with zero attached hydrogens (tertiary/aromatic N) is 1. The molecule has 0 saturated carbocycles. The third-order valence-electron chi connectivity index (χ3n) is 5.00. The van der Waals surface area contributed by atoms with Gasteiger partial charge in [0.2, 0.25) is 5.78 Å². The van der Waals surface area contributed by atoms with Gasteiger partial charge in [-0.1, -0.05) is 18.2 Å². The molecule has 1 aliphatic rings. The molecule has 4 rings (SSSR count). The monoisotopic (exact) mass is 449 g/mol. The zero-order chi connectivity index (χ0) is 23.4. The zero-order valence-electron chi connectivity index (χ0n) is 18.5. The summed E-state index contributed by atoms with van der Waals surface area (Å²) in [6, 6.07) is 12.2. The van der Waals surface area contributed by atoms with Gasteiger partial charge in [-0.25, -0.2) is 0 Å². The molecule has 0 amide bonds. The van der Waals surface area contributed by atoms with Crippen molar-refractivity contribution in [1.82, 2.24) is 5.16 Å². The van der Waals surface area contributed by atoms with E-state index in [1.807, 2.05) is 31.2 Å². The maximum Gasteiger partial charge on any atom is 0.311 e. The molecule has 33 heavy (non-hydrogen) atoms. The molecule has 1 aliphatic heterocycles. The fraction of sp³-hybridized carbons (Fsp3) is 0.240. The Morgan fingerprint density at radius 1 is 1.18 bits per heavy atom. The minimum Gasteiger partial charge on any atom is -0.493 e. The lowest BCUT2D eigenvalue weighted by Gasteiger charge is -2.07. The predicted octanol–water partition coefficient (Wildman–Crippen LogP) is 4.54. The Labute approximate surface area is 190 Å². The summed E-state index contributed by atoms with van der Waals surface area (Å²) in [5.41, 5.74) is 1.84. The van der Waals surface area contributed by atoms with Gasteiger partial charge in [-0.3, -0.25) is 9.59 Å². The topological polar surface area (TPSA) is 97.1 Å².